The number of benzene rings is 1. The first kappa shape index (κ1) is 28.7. The van der Waals surface area contributed by atoms with Gasteiger partial charge in [0, 0.05) is 45.1 Å². The van der Waals surface area contributed by atoms with Gasteiger partial charge in [-0.1, -0.05) is 24.3 Å². The lowest BCUT2D eigenvalue weighted by Gasteiger charge is -2.35. The Hall–Kier alpha value is -5.45. The lowest BCUT2D eigenvalue weighted by Crippen LogP contribution is -2.49. The van der Waals surface area contributed by atoms with Crippen molar-refractivity contribution in [3.8, 4) is 11.8 Å². The highest BCUT2D eigenvalue weighted by atomic mass is 19.4. The second-order valence-corrected chi connectivity index (χ2v) is 10.3. The van der Waals surface area contributed by atoms with E-state index in [1.165, 1.54) is 23.5 Å². The summed E-state index contributed by atoms with van der Waals surface area (Å²) < 4.78 is 47.8. The van der Waals surface area contributed by atoms with Gasteiger partial charge in [0.15, 0.2) is 0 Å². The number of amides is 1. The fourth-order valence-corrected chi connectivity index (χ4v) is 5.53. The van der Waals surface area contributed by atoms with Crippen LogP contribution >= 0.6 is 0 Å². The molecule has 44 heavy (non-hydrogen) atoms. The van der Waals surface area contributed by atoms with Crippen molar-refractivity contribution in [1.29, 1.82) is 5.26 Å². The monoisotopic (exact) mass is 602 g/mol. The summed E-state index contributed by atoms with van der Waals surface area (Å²) in [5, 5.41) is 14.5. The highest BCUT2D eigenvalue weighted by molar-refractivity contribution is 5.94. The van der Waals surface area contributed by atoms with E-state index in [4.69, 9.17) is 10.00 Å². The lowest BCUT2D eigenvalue weighted by molar-refractivity contribution is -0.138. The van der Waals surface area contributed by atoms with E-state index < -0.39 is 23.3 Å². The number of alkyl halides is 3. The number of nitriles is 1. The third-order valence-corrected chi connectivity index (χ3v) is 7.70. The maximum atomic E-state index is 13.9. The van der Waals surface area contributed by atoms with Gasteiger partial charge in [-0.25, -0.2) is 10.1 Å². The molecule has 1 atom stereocenters. The molecule has 0 saturated carbocycles. The number of rotatable bonds is 6. The van der Waals surface area contributed by atoms with Gasteiger partial charge < -0.3 is 19.4 Å². The highest BCUT2D eigenvalue weighted by Gasteiger charge is 2.42. The minimum absolute atomic E-state index is 0.0727. The number of fused-ring (bicyclic) bond motifs is 1. The molecule has 3 aromatic heterocycles. The SMILES string of the molecule is N#Cc1ccc(N2CCN(C(=O)c3cncc(OCC4c5ccccc5CN4c4cn[nH]c(=O)c4C(F)(F)F)c3)CC2)nc1. The van der Waals surface area contributed by atoms with E-state index in [1.54, 1.807) is 35.2 Å². The summed E-state index contributed by atoms with van der Waals surface area (Å²) >= 11 is 0. The molecule has 14 heteroatoms. The number of hydrogen-bond donors (Lipinski definition) is 1. The number of halogens is 3. The maximum absolute atomic E-state index is 13.9. The van der Waals surface area contributed by atoms with Crippen molar-refractivity contribution in [2.24, 2.45) is 0 Å². The highest BCUT2D eigenvalue weighted by Crippen LogP contribution is 2.42. The molecular weight excluding hydrogens is 577 g/mol. The Kier molecular flexibility index (Phi) is 7.60. The first-order chi connectivity index (χ1) is 21.2. The zero-order valence-corrected chi connectivity index (χ0v) is 23.2. The standard InChI is InChI=1S/C30H25F3N8O3/c31-30(32,33)27-24(16-37-38-28(27)42)41-17-20-3-1-2-4-23(20)25(41)18-44-22-11-21(14-35-15-22)29(43)40-9-7-39(8-10-40)26-6-5-19(12-34)13-36-26/h1-6,11,13-16,25H,7-10,17-18H2,(H,38,42). The van der Waals surface area contributed by atoms with Crippen molar-refractivity contribution in [3.63, 3.8) is 0 Å². The lowest BCUT2D eigenvalue weighted by atomic mass is 10.1. The molecule has 2 aliphatic heterocycles. The number of hydrogen-bond acceptors (Lipinski definition) is 9. The summed E-state index contributed by atoms with van der Waals surface area (Å²) in [6, 6.07) is 13.6. The maximum Gasteiger partial charge on any atom is 0.423 e. The van der Waals surface area contributed by atoms with Gasteiger partial charge in [0.05, 0.1) is 35.2 Å². The second-order valence-electron chi connectivity index (χ2n) is 10.3. The molecule has 1 amide bonds. The molecule has 0 bridgehead atoms. The third kappa shape index (κ3) is 5.63. The zero-order valence-electron chi connectivity index (χ0n) is 23.2. The number of anilines is 2. The van der Waals surface area contributed by atoms with Gasteiger partial charge in [-0.15, -0.1) is 0 Å². The number of piperazine rings is 1. The molecule has 224 valence electrons. The number of carbonyl (C=O) groups is 1. The van der Waals surface area contributed by atoms with Crippen LogP contribution in [0.15, 0.2) is 72.0 Å². The van der Waals surface area contributed by atoms with E-state index in [-0.39, 0.29) is 30.5 Å². The molecule has 11 nitrogen and oxygen atoms in total. The zero-order chi connectivity index (χ0) is 30.8. The van der Waals surface area contributed by atoms with Crippen molar-refractivity contribution in [1.82, 2.24) is 25.1 Å². The summed E-state index contributed by atoms with van der Waals surface area (Å²) in [6.45, 7) is 2.07. The molecule has 4 aromatic rings. The number of ether oxygens (including phenoxy) is 1. The van der Waals surface area contributed by atoms with Gasteiger partial charge in [0.25, 0.3) is 11.5 Å². The molecule has 1 fully saturated rings. The Morgan fingerprint density at radius 2 is 1.86 bits per heavy atom. The van der Waals surface area contributed by atoms with E-state index in [0.29, 0.717) is 37.3 Å². The molecule has 0 radical (unpaired) electrons. The van der Waals surface area contributed by atoms with Crippen LogP contribution in [0.25, 0.3) is 0 Å². The van der Waals surface area contributed by atoms with Crippen LogP contribution in [0.2, 0.25) is 0 Å². The van der Waals surface area contributed by atoms with E-state index in [9.17, 15) is 22.8 Å². The molecule has 5 heterocycles. The number of H-pyrrole nitrogens is 1. The molecule has 6 rings (SSSR count). The van der Waals surface area contributed by atoms with Crippen molar-refractivity contribution in [2.45, 2.75) is 18.8 Å². The summed E-state index contributed by atoms with van der Waals surface area (Å²) in [5.74, 6) is 0.780. The van der Waals surface area contributed by atoms with Crippen molar-refractivity contribution in [3.05, 3.63) is 105 Å². The van der Waals surface area contributed by atoms with Crippen molar-refractivity contribution >= 4 is 17.4 Å². The molecular formula is C30H25F3N8O3. The first-order valence-corrected chi connectivity index (χ1v) is 13.7. The van der Waals surface area contributed by atoms with Gasteiger partial charge in [-0.3, -0.25) is 14.6 Å². The minimum atomic E-state index is -4.89. The molecule has 2 aliphatic rings. The van der Waals surface area contributed by atoms with Crippen LogP contribution in [0.3, 0.4) is 0 Å². The van der Waals surface area contributed by atoms with Gasteiger partial charge in [0.2, 0.25) is 0 Å². The predicted octanol–water partition coefficient (Wildman–Crippen LogP) is 3.55. The molecule has 0 aliphatic carbocycles. The van der Waals surface area contributed by atoms with Crippen LogP contribution in [-0.4, -0.2) is 63.8 Å². The number of carbonyl (C=O) groups excluding carboxylic acids is 1. The smallest absolute Gasteiger partial charge is 0.423 e. The van der Waals surface area contributed by atoms with Gasteiger partial charge >= 0.3 is 6.18 Å². The normalized spacial score (nSPS) is 16.4. The Morgan fingerprint density at radius 3 is 2.59 bits per heavy atom. The fraction of sp³-hybridized carbons (Fsp3) is 0.267. The topological polar surface area (TPSA) is 131 Å². The predicted molar refractivity (Wildman–Crippen MR) is 152 cm³/mol. The minimum Gasteiger partial charge on any atom is -0.489 e. The van der Waals surface area contributed by atoms with Crippen LogP contribution in [0.4, 0.5) is 24.7 Å². The Morgan fingerprint density at radius 1 is 1.07 bits per heavy atom. The Balaban J connectivity index is 1.16. The van der Waals surface area contributed by atoms with Crippen molar-refractivity contribution in [2.75, 3.05) is 42.6 Å². The van der Waals surface area contributed by atoms with E-state index in [1.807, 2.05) is 28.2 Å². The fourth-order valence-electron chi connectivity index (χ4n) is 5.53. The Labute approximate surface area is 249 Å². The summed E-state index contributed by atoms with van der Waals surface area (Å²) in [4.78, 5) is 39.2. The van der Waals surface area contributed by atoms with E-state index >= 15 is 0 Å². The number of nitrogens with zero attached hydrogens (tertiary/aromatic N) is 7. The quantitative estimate of drug-likeness (QED) is 0.352. The van der Waals surface area contributed by atoms with Gasteiger partial charge in [-0.05, 0) is 29.3 Å². The summed E-state index contributed by atoms with van der Waals surface area (Å²) in [6.07, 6.45) is 0.500. The van der Waals surface area contributed by atoms with Crippen LogP contribution in [0, 0.1) is 11.3 Å². The third-order valence-electron chi connectivity index (χ3n) is 7.70. The van der Waals surface area contributed by atoms with Gasteiger partial charge in [-0.2, -0.15) is 23.5 Å². The number of nitrogens with one attached hydrogen (secondary N) is 1. The van der Waals surface area contributed by atoms with Crippen LogP contribution in [0.5, 0.6) is 5.75 Å². The average molecular weight is 603 g/mol. The van der Waals surface area contributed by atoms with E-state index in [0.717, 1.165) is 23.1 Å². The van der Waals surface area contributed by atoms with Crippen molar-refractivity contribution < 1.29 is 22.7 Å². The largest absolute Gasteiger partial charge is 0.489 e. The van der Waals surface area contributed by atoms with Crippen LogP contribution < -0.4 is 20.1 Å². The summed E-state index contributed by atoms with van der Waals surface area (Å²) in [7, 11) is 0. The molecule has 1 aromatic carbocycles. The van der Waals surface area contributed by atoms with E-state index in [2.05, 4.69) is 15.1 Å². The first-order valence-electron chi connectivity index (χ1n) is 13.7. The number of aromatic amines is 1. The second kappa shape index (κ2) is 11.7. The molecule has 1 N–H and O–H groups in total. The van der Waals surface area contributed by atoms with Crippen LogP contribution in [-0.2, 0) is 12.7 Å². The number of pyridine rings is 2. The summed E-state index contributed by atoms with van der Waals surface area (Å²) in [5.41, 5.74) is -0.648. The van der Waals surface area contributed by atoms with Crippen LogP contribution in [0.1, 0.15) is 38.7 Å². The average Bonchev–Trinajstić information content (AvgIpc) is 3.41. The Bertz CT molecular complexity index is 1780. The molecule has 1 saturated heterocycles. The molecule has 1 unspecified atom stereocenters. The number of aromatic nitrogens is 4. The van der Waals surface area contributed by atoms with Gasteiger partial charge in [0.1, 0.15) is 29.8 Å². The molecule has 0 spiro atoms.